The molecule has 0 radical (unpaired) electrons. The van der Waals surface area contributed by atoms with Crippen LogP contribution < -0.4 is 5.32 Å². The molecule has 1 unspecified atom stereocenters. The lowest BCUT2D eigenvalue weighted by Crippen LogP contribution is -2.18. The van der Waals surface area contributed by atoms with E-state index in [9.17, 15) is 0 Å². The highest BCUT2D eigenvalue weighted by atomic mass is 14.9. The molecule has 1 saturated carbocycles. The first-order chi connectivity index (χ1) is 6.79. The molecule has 3 nitrogen and oxygen atoms in total. The summed E-state index contributed by atoms with van der Waals surface area (Å²) in [5, 5.41) is 3.33. The molecule has 0 aliphatic heterocycles. The fraction of sp³-hybridized carbons (Fsp3) is 0.636. The smallest absolute Gasteiger partial charge is 0.125 e. The molecule has 0 aromatic carbocycles. The van der Waals surface area contributed by atoms with Crippen LogP contribution in [0, 0.1) is 12.8 Å². The van der Waals surface area contributed by atoms with E-state index in [1.165, 1.54) is 19.3 Å². The van der Waals surface area contributed by atoms with E-state index >= 15 is 0 Å². The lowest BCUT2D eigenvalue weighted by atomic mass is 10.1. The zero-order chi connectivity index (χ0) is 9.97. The molecule has 1 heterocycles. The third kappa shape index (κ3) is 2.29. The largest absolute Gasteiger partial charge is 0.312 e. The maximum Gasteiger partial charge on any atom is 0.125 e. The van der Waals surface area contributed by atoms with E-state index in [1.54, 1.807) is 0 Å². The minimum atomic E-state index is 0.407. The third-order valence-corrected chi connectivity index (χ3v) is 2.77. The number of nitrogens with zero attached hydrogens (tertiary/aromatic N) is 2. The van der Waals surface area contributed by atoms with Gasteiger partial charge in [0, 0.05) is 12.2 Å². The van der Waals surface area contributed by atoms with Crippen molar-refractivity contribution in [2.45, 2.75) is 32.2 Å². The highest BCUT2D eigenvalue weighted by Crippen LogP contribution is 2.36. The van der Waals surface area contributed by atoms with Crippen LogP contribution in [0.15, 0.2) is 12.3 Å². The first-order valence-electron chi connectivity index (χ1n) is 5.26. The molecule has 1 aliphatic rings. The fourth-order valence-corrected chi connectivity index (χ4v) is 1.74. The predicted octanol–water partition coefficient (Wildman–Crippen LogP) is 1.85. The summed E-state index contributed by atoms with van der Waals surface area (Å²) in [6.45, 7) is 1.94. The van der Waals surface area contributed by atoms with Crippen molar-refractivity contribution in [2.24, 2.45) is 5.92 Å². The second-order valence-corrected chi connectivity index (χ2v) is 4.05. The van der Waals surface area contributed by atoms with Gasteiger partial charge in [-0.1, -0.05) is 12.8 Å². The Hall–Kier alpha value is -0.960. The molecule has 1 aromatic rings. The quantitative estimate of drug-likeness (QED) is 0.789. The van der Waals surface area contributed by atoms with Crippen LogP contribution in [0.5, 0.6) is 0 Å². The molecule has 1 aromatic heterocycles. The van der Waals surface area contributed by atoms with Gasteiger partial charge in [-0.25, -0.2) is 9.97 Å². The van der Waals surface area contributed by atoms with Gasteiger partial charge in [0.1, 0.15) is 5.82 Å². The van der Waals surface area contributed by atoms with E-state index in [0.29, 0.717) is 6.04 Å². The standard InChI is InChI=1S/C11H17N3/c1-8-13-6-5-10(14-8)11(12-2)7-9-3-4-9/h5-6,9,11-12H,3-4,7H2,1-2H3. The van der Waals surface area contributed by atoms with Crippen LogP contribution in [-0.2, 0) is 0 Å². The van der Waals surface area contributed by atoms with Crippen molar-refractivity contribution in [3.05, 3.63) is 23.8 Å². The van der Waals surface area contributed by atoms with Gasteiger partial charge in [-0.15, -0.1) is 0 Å². The highest BCUT2D eigenvalue weighted by Gasteiger charge is 2.26. The van der Waals surface area contributed by atoms with Gasteiger partial charge in [0.05, 0.1) is 5.69 Å². The first-order valence-corrected chi connectivity index (χ1v) is 5.26. The Labute approximate surface area is 85.0 Å². The summed E-state index contributed by atoms with van der Waals surface area (Å²) in [5.74, 6) is 1.78. The second kappa shape index (κ2) is 4.05. The van der Waals surface area contributed by atoms with E-state index in [4.69, 9.17) is 0 Å². The Morgan fingerprint density at radius 3 is 2.93 bits per heavy atom. The van der Waals surface area contributed by atoms with Crippen LogP contribution in [0.2, 0.25) is 0 Å². The molecule has 1 atom stereocenters. The van der Waals surface area contributed by atoms with Crippen molar-refractivity contribution >= 4 is 0 Å². The molecule has 1 N–H and O–H groups in total. The van der Waals surface area contributed by atoms with Gasteiger partial charge in [0.2, 0.25) is 0 Å². The van der Waals surface area contributed by atoms with Crippen LogP contribution in [0.25, 0.3) is 0 Å². The van der Waals surface area contributed by atoms with Gasteiger partial charge in [0.15, 0.2) is 0 Å². The van der Waals surface area contributed by atoms with Gasteiger partial charge < -0.3 is 5.32 Å². The van der Waals surface area contributed by atoms with Crippen LogP contribution in [0.3, 0.4) is 0 Å². The average molecular weight is 191 g/mol. The van der Waals surface area contributed by atoms with Crippen molar-refractivity contribution in [2.75, 3.05) is 7.05 Å². The molecule has 0 saturated heterocycles. The number of hydrogen-bond donors (Lipinski definition) is 1. The Morgan fingerprint density at radius 2 is 2.36 bits per heavy atom. The molecule has 3 heteroatoms. The van der Waals surface area contributed by atoms with E-state index in [-0.39, 0.29) is 0 Å². The zero-order valence-corrected chi connectivity index (χ0v) is 8.83. The Kier molecular flexibility index (Phi) is 2.77. The molecule has 1 fully saturated rings. The first kappa shape index (κ1) is 9.59. The third-order valence-electron chi connectivity index (χ3n) is 2.77. The summed E-state index contributed by atoms with van der Waals surface area (Å²) < 4.78 is 0. The van der Waals surface area contributed by atoms with Crippen molar-refractivity contribution < 1.29 is 0 Å². The number of aromatic nitrogens is 2. The topological polar surface area (TPSA) is 37.8 Å². The van der Waals surface area contributed by atoms with Crippen LogP contribution >= 0.6 is 0 Å². The summed E-state index contributed by atoms with van der Waals surface area (Å²) in [7, 11) is 2.00. The van der Waals surface area contributed by atoms with E-state index in [1.807, 2.05) is 26.2 Å². The van der Waals surface area contributed by atoms with E-state index < -0.39 is 0 Å². The zero-order valence-electron chi connectivity index (χ0n) is 8.83. The second-order valence-electron chi connectivity index (χ2n) is 4.05. The van der Waals surface area contributed by atoms with Crippen LogP contribution in [0.1, 0.15) is 36.8 Å². The summed E-state index contributed by atoms with van der Waals surface area (Å²) in [6.07, 6.45) is 5.84. The minimum absolute atomic E-state index is 0.407. The molecule has 0 spiro atoms. The maximum absolute atomic E-state index is 4.45. The van der Waals surface area contributed by atoms with Crippen molar-refractivity contribution in [1.29, 1.82) is 0 Å². The molecule has 14 heavy (non-hydrogen) atoms. The Balaban J connectivity index is 2.08. The summed E-state index contributed by atoms with van der Waals surface area (Å²) >= 11 is 0. The lowest BCUT2D eigenvalue weighted by Gasteiger charge is -2.15. The van der Waals surface area contributed by atoms with Gasteiger partial charge in [-0.05, 0) is 32.4 Å². The van der Waals surface area contributed by atoms with Gasteiger partial charge in [-0.2, -0.15) is 0 Å². The lowest BCUT2D eigenvalue weighted by molar-refractivity contribution is 0.501. The van der Waals surface area contributed by atoms with Crippen molar-refractivity contribution in [1.82, 2.24) is 15.3 Å². The highest BCUT2D eigenvalue weighted by molar-refractivity contribution is 5.08. The Bertz CT molecular complexity index is 307. The molecule has 0 amide bonds. The number of nitrogens with one attached hydrogen (secondary N) is 1. The summed E-state index contributed by atoms with van der Waals surface area (Å²) in [6, 6.07) is 2.42. The van der Waals surface area contributed by atoms with E-state index in [0.717, 1.165) is 17.4 Å². The number of aryl methyl sites for hydroxylation is 1. The SMILES string of the molecule is CNC(CC1CC1)c1ccnc(C)n1. The summed E-state index contributed by atoms with van der Waals surface area (Å²) in [4.78, 5) is 8.56. The van der Waals surface area contributed by atoms with E-state index in [2.05, 4.69) is 15.3 Å². The molecule has 0 bridgehead atoms. The normalized spacial score (nSPS) is 18.1. The monoisotopic (exact) mass is 191 g/mol. The average Bonchev–Trinajstić information content (AvgIpc) is 2.98. The number of rotatable bonds is 4. The minimum Gasteiger partial charge on any atom is -0.312 e. The van der Waals surface area contributed by atoms with Crippen LogP contribution in [-0.4, -0.2) is 17.0 Å². The van der Waals surface area contributed by atoms with Crippen molar-refractivity contribution in [3.63, 3.8) is 0 Å². The van der Waals surface area contributed by atoms with Gasteiger partial charge in [-0.3, -0.25) is 0 Å². The van der Waals surface area contributed by atoms with Crippen molar-refractivity contribution in [3.8, 4) is 0 Å². The maximum atomic E-state index is 4.45. The Morgan fingerprint density at radius 1 is 1.57 bits per heavy atom. The molecule has 76 valence electrons. The van der Waals surface area contributed by atoms with Gasteiger partial charge in [0.25, 0.3) is 0 Å². The summed E-state index contributed by atoms with van der Waals surface area (Å²) in [5.41, 5.74) is 1.13. The van der Waals surface area contributed by atoms with Crippen LogP contribution in [0.4, 0.5) is 0 Å². The molecule has 2 rings (SSSR count). The fourth-order valence-electron chi connectivity index (χ4n) is 1.74. The number of hydrogen-bond acceptors (Lipinski definition) is 3. The predicted molar refractivity (Wildman–Crippen MR) is 55.9 cm³/mol. The molecular weight excluding hydrogens is 174 g/mol. The molecular formula is C11H17N3. The van der Waals surface area contributed by atoms with Gasteiger partial charge >= 0.3 is 0 Å². The molecule has 1 aliphatic carbocycles.